The summed E-state index contributed by atoms with van der Waals surface area (Å²) >= 11 is 0. The van der Waals surface area contributed by atoms with Gasteiger partial charge in [0.1, 0.15) is 5.82 Å². The molecule has 0 saturated carbocycles. The summed E-state index contributed by atoms with van der Waals surface area (Å²) in [6, 6.07) is 5.52. The molecule has 94 valence electrons. The number of hydrogen-bond donors (Lipinski definition) is 2. The van der Waals surface area contributed by atoms with Crippen molar-refractivity contribution >= 4 is 11.9 Å². The van der Waals surface area contributed by atoms with Gasteiger partial charge in [-0.2, -0.15) is 5.26 Å². The third kappa shape index (κ3) is 2.88. The van der Waals surface area contributed by atoms with Crippen LogP contribution in [-0.2, 0) is 0 Å². The van der Waals surface area contributed by atoms with Crippen molar-refractivity contribution in [3.05, 3.63) is 23.9 Å². The van der Waals surface area contributed by atoms with Crippen molar-refractivity contribution in [1.29, 1.82) is 5.26 Å². The molecule has 0 aliphatic carbocycles. The summed E-state index contributed by atoms with van der Waals surface area (Å²) in [4.78, 5) is 16.8. The summed E-state index contributed by atoms with van der Waals surface area (Å²) in [5, 5.41) is 20.0. The Bertz CT molecular complexity index is 475. The molecule has 6 heteroatoms. The van der Waals surface area contributed by atoms with Crippen molar-refractivity contribution in [3.8, 4) is 6.07 Å². The fourth-order valence-electron chi connectivity index (χ4n) is 2.09. The van der Waals surface area contributed by atoms with E-state index in [4.69, 9.17) is 10.4 Å². The van der Waals surface area contributed by atoms with Gasteiger partial charge in [0.15, 0.2) is 0 Å². The molecule has 1 fully saturated rings. The van der Waals surface area contributed by atoms with Crippen LogP contribution in [-0.4, -0.2) is 35.3 Å². The van der Waals surface area contributed by atoms with E-state index in [-0.39, 0.29) is 6.04 Å². The maximum Gasteiger partial charge on any atom is 0.404 e. The zero-order valence-electron chi connectivity index (χ0n) is 9.83. The van der Waals surface area contributed by atoms with Crippen molar-refractivity contribution in [1.82, 2.24) is 10.3 Å². The minimum Gasteiger partial charge on any atom is -0.465 e. The zero-order chi connectivity index (χ0) is 13.0. The number of piperidine rings is 1. The van der Waals surface area contributed by atoms with Gasteiger partial charge < -0.3 is 15.3 Å². The second-order valence-corrected chi connectivity index (χ2v) is 4.23. The Hall–Kier alpha value is -2.29. The van der Waals surface area contributed by atoms with Gasteiger partial charge in [-0.1, -0.05) is 0 Å². The summed E-state index contributed by atoms with van der Waals surface area (Å²) in [6.45, 7) is 1.49. The van der Waals surface area contributed by atoms with E-state index in [1.54, 1.807) is 18.3 Å². The zero-order valence-corrected chi connectivity index (χ0v) is 9.83. The normalized spacial score (nSPS) is 16.1. The van der Waals surface area contributed by atoms with E-state index in [0.29, 0.717) is 5.56 Å². The summed E-state index contributed by atoms with van der Waals surface area (Å²) in [6.07, 6.45) is 2.16. The first-order valence-corrected chi connectivity index (χ1v) is 5.79. The molecular weight excluding hydrogens is 232 g/mol. The van der Waals surface area contributed by atoms with Gasteiger partial charge in [0.25, 0.3) is 0 Å². The molecule has 1 aromatic rings. The second kappa shape index (κ2) is 5.36. The molecule has 2 rings (SSSR count). The van der Waals surface area contributed by atoms with Gasteiger partial charge in [0.05, 0.1) is 11.6 Å². The van der Waals surface area contributed by atoms with Crippen LogP contribution in [0.3, 0.4) is 0 Å². The Morgan fingerprint density at radius 2 is 2.28 bits per heavy atom. The summed E-state index contributed by atoms with van der Waals surface area (Å²) in [5.41, 5.74) is 0.589. The highest BCUT2D eigenvalue weighted by molar-refractivity contribution is 5.64. The van der Waals surface area contributed by atoms with E-state index < -0.39 is 6.09 Å². The molecule has 0 aromatic carbocycles. The summed E-state index contributed by atoms with van der Waals surface area (Å²) in [5.74, 6) is 0.780. The van der Waals surface area contributed by atoms with Gasteiger partial charge in [-0.25, -0.2) is 9.78 Å². The van der Waals surface area contributed by atoms with Crippen LogP contribution in [0.1, 0.15) is 18.4 Å². The number of aromatic nitrogens is 1. The smallest absolute Gasteiger partial charge is 0.404 e. The number of anilines is 1. The van der Waals surface area contributed by atoms with E-state index in [0.717, 1.165) is 31.7 Å². The minimum atomic E-state index is -0.974. The van der Waals surface area contributed by atoms with Gasteiger partial charge in [-0.15, -0.1) is 0 Å². The van der Waals surface area contributed by atoms with Crippen LogP contribution in [0.15, 0.2) is 18.3 Å². The Labute approximate surface area is 105 Å². The van der Waals surface area contributed by atoms with Gasteiger partial charge in [0, 0.05) is 25.3 Å². The average molecular weight is 246 g/mol. The second-order valence-electron chi connectivity index (χ2n) is 4.23. The maximum atomic E-state index is 10.5. The number of hydrogen-bond acceptors (Lipinski definition) is 4. The highest BCUT2D eigenvalue weighted by atomic mass is 16.4. The molecule has 1 aromatic heterocycles. The molecule has 1 aliphatic heterocycles. The van der Waals surface area contributed by atoms with E-state index in [2.05, 4.69) is 21.3 Å². The highest BCUT2D eigenvalue weighted by Gasteiger charge is 2.21. The lowest BCUT2D eigenvalue weighted by atomic mass is 10.1. The van der Waals surface area contributed by atoms with Crippen LogP contribution in [0, 0.1) is 11.3 Å². The Kier molecular flexibility index (Phi) is 3.63. The maximum absolute atomic E-state index is 10.5. The molecular formula is C12H14N4O2. The standard InChI is InChI=1S/C12H14N4O2/c13-8-9-1-4-14-11(7-9)16-5-2-10(3-6-16)15-12(17)18/h1,4,7,10,15H,2-3,5-6H2,(H,17,18). The number of carbonyl (C=O) groups is 1. The fraction of sp³-hybridized carbons (Fsp3) is 0.417. The number of amides is 1. The van der Waals surface area contributed by atoms with Crippen molar-refractivity contribution in [2.45, 2.75) is 18.9 Å². The average Bonchev–Trinajstić information content (AvgIpc) is 2.39. The van der Waals surface area contributed by atoms with Crippen LogP contribution < -0.4 is 10.2 Å². The lowest BCUT2D eigenvalue weighted by Gasteiger charge is -2.32. The third-order valence-corrected chi connectivity index (χ3v) is 3.02. The predicted molar refractivity (Wildman–Crippen MR) is 65.3 cm³/mol. The third-order valence-electron chi connectivity index (χ3n) is 3.02. The molecule has 1 saturated heterocycles. The van der Waals surface area contributed by atoms with Crippen molar-refractivity contribution in [3.63, 3.8) is 0 Å². The number of nitrogens with one attached hydrogen (secondary N) is 1. The molecule has 0 unspecified atom stereocenters. The molecule has 2 N–H and O–H groups in total. The molecule has 18 heavy (non-hydrogen) atoms. The molecule has 2 heterocycles. The van der Waals surface area contributed by atoms with Crippen LogP contribution in [0.5, 0.6) is 0 Å². The molecule has 6 nitrogen and oxygen atoms in total. The van der Waals surface area contributed by atoms with Crippen LogP contribution in [0.4, 0.5) is 10.6 Å². The molecule has 0 bridgehead atoms. The number of carboxylic acid groups (broad SMARTS) is 1. The number of pyridine rings is 1. The highest BCUT2D eigenvalue weighted by Crippen LogP contribution is 2.18. The van der Waals surface area contributed by atoms with Crippen molar-refractivity contribution in [2.75, 3.05) is 18.0 Å². The van der Waals surface area contributed by atoms with E-state index >= 15 is 0 Å². The summed E-state index contributed by atoms with van der Waals surface area (Å²) in [7, 11) is 0. The molecule has 0 spiro atoms. The SMILES string of the molecule is N#Cc1ccnc(N2CCC(NC(=O)O)CC2)c1. The predicted octanol–water partition coefficient (Wildman–Crippen LogP) is 1.19. The van der Waals surface area contributed by atoms with Crippen LogP contribution in [0.25, 0.3) is 0 Å². The topological polar surface area (TPSA) is 89.3 Å². The van der Waals surface area contributed by atoms with E-state index in [1.165, 1.54) is 0 Å². The first-order valence-electron chi connectivity index (χ1n) is 5.79. The first-order chi connectivity index (χ1) is 8.69. The molecule has 1 amide bonds. The number of nitrogens with zero attached hydrogens (tertiary/aromatic N) is 3. The van der Waals surface area contributed by atoms with Crippen LogP contribution in [0.2, 0.25) is 0 Å². The van der Waals surface area contributed by atoms with E-state index in [1.807, 2.05) is 0 Å². The first kappa shape index (κ1) is 12.2. The van der Waals surface area contributed by atoms with Gasteiger partial charge >= 0.3 is 6.09 Å². The van der Waals surface area contributed by atoms with Gasteiger partial charge in [-0.3, -0.25) is 0 Å². The largest absolute Gasteiger partial charge is 0.465 e. The number of rotatable bonds is 2. The summed E-state index contributed by atoms with van der Waals surface area (Å²) < 4.78 is 0. The number of nitriles is 1. The molecule has 0 atom stereocenters. The van der Waals surface area contributed by atoms with Crippen LogP contribution >= 0.6 is 0 Å². The fourth-order valence-corrected chi connectivity index (χ4v) is 2.09. The van der Waals surface area contributed by atoms with Gasteiger partial charge in [-0.05, 0) is 25.0 Å². The lowest BCUT2D eigenvalue weighted by molar-refractivity contribution is 0.187. The van der Waals surface area contributed by atoms with Crippen molar-refractivity contribution < 1.29 is 9.90 Å². The Morgan fingerprint density at radius 3 is 2.89 bits per heavy atom. The van der Waals surface area contributed by atoms with Gasteiger partial charge in [0.2, 0.25) is 0 Å². The Morgan fingerprint density at radius 1 is 1.56 bits per heavy atom. The Balaban J connectivity index is 1.97. The quantitative estimate of drug-likeness (QED) is 0.818. The molecule has 0 radical (unpaired) electrons. The lowest BCUT2D eigenvalue weighted by Crippen LogP contribution is -2.44. The van der Waals surface area contributed by atoms with Crippen molar-refractivity contribution in [2.24, 2.45) is 0 Å². The van der Waals surface area contributed by atoms with E-state index in [9.17, 15) is 4.79 Å². The monoisotopic (exact) mass is 246 g/mol. The molecule has 1 aliphatic rings. The minimum absolute atomic E-state index is 0.0119.